The number of benzene rings is 1. The number of rotatable bonds is 3. The van der Waals surface area contributed by atoms with Crippen molar-refractivity contribution in [2.45, 2.75) is 39.5 Å². The standard InChI is InChI=1S/C22H26N2/c1-16-13-22(3,4)11-9-21(16)17(2)24-12-10-20(15-24)19-7-5-18(14-23)6-8-19/h5-9,13,20H,2,10-12,15H2,1,3-4H3. The van der Waals surface area contributed by atoms with E-state index in [2.05, 4.69) is 62.6 Å². The average molecular weight is 318 g/mol. The van der Waals surface area contributed by atoms with Gasteiger partial charge in [0, 0.05) is 24.7 Å². The molecule has 1 aromatic rings. The van der Waals surface area contributed by atoms with Crippen LogP contribution in [0.1, 0.15) is 50.7 Å². The van der Waals surface area contributed by atoms with Gasteiger partial charge in [0.25, 0.3) is 0 Å². The summed E-state index contributed by atoms with van der Waals surface area (Å²) in [6.07, 6.45) is 6.95. The van der Waals surface area contributed by atoms with Crippen LogP contribution in [0.4, 0.5) is 0 Å². The summed E-state index contributed by atoms with van der Waals surface area (Å²) in [6.45, 7) is 13.2. The molecule has 1 aromatic carbocycles. The Balaban J connectivity index is 1.69. The second-order valence-corrected chi connectivity index (χ2v) is 7.75. The van der Waals surface area contributed by atoms with E-state index in [0.717, 1.165) is 37.2 Å². The van der Waals surface area contributed by atoms with Gasteiger partial charge >= 0.3 is 0 Å². The van der Waals surface area contributed by atoms with E-state index in [1.54, 1.807) is 0 Å². The molecule has 2 aliphatic rings. The van der Waals surface area contributed by atoms with E-state index in [1.807, 2.05) is 12.1 Å². The van der Waals surface area contributed by atoms with Crippen molar-refractivity contribution in [3.8, 4) is 6.07 Å². The third kappa shape index (κ3) is 3.31. The van der Waals surface area contributed by atoms with Gasteiger partial charge in [-0.15, -0.1) is 0 Å². The van der Waals surface area contributed by atoms with Crippen LogP contribution in [-0.4, -0.2) is 18.0 Å². The second-order valence-electron chi connectivity index (χ2n) is 7.75. The van der Waals surface area contributed by atoms with Crippen LogP contribution in [0.25, 0.3) is 0 Å². The normalized spacial score (nSPS) is 22.6. The summed E-state index contributed by atoms with van der Waals surface area (Å²) < 4.78 is 0. The highest BCUT2D eigenvalue weighted by atomic mass is 15.2. The Labute approximate surface area is 145 Å². The lowest BCUT2D eigenvalue weighted by molar-refractivity contribution is 0.424. The molecule has 1 saturated heterocycles. The van der Waals surface area contributed by atoms with Crippen LogP contribution >= 0.6 is 0 Å². The van der Waals surface area contributed by atoms with Gasteiger partial charge in [-0.25, -0.2) is 0 Å². The smallest absolute Gasteiger partial charge is 0.0991 e. The lowest BCUT2D eigenvalue weighted by atomic mass is 9.80. The van der Waals surface area contributed by atoms with E-state index in [1.165, 1.54) is 16.7 Å². The molecule has 0 amide bonds. The van der Waals surface area contributed by atoms with Gasteiger partial charge in [-0.1, -0.05) is 44.7 Å². The van der Waals surface area contributed by atoms with E-state index in [4.69, 9.17) is 5.26 Å². The molecule has 124 valence electrons. The summed E-state index contributed by atoms with van der Waals surface area (Å²) in [6, 6.07) is 10.2. The summed E-state index contributed by atoms with van der Waals surface area (Å²) in [5.41, 5.74) is 6.14. The molecule has 1 unspecified atom stereocenters. The Kier molecular flexibility index (Phi) is 4.37. The molecule has 1 aliphatic heterocycles. The van der Waals surface area contributed by atoms with Crippen molar-refractivity contribution in [1.29, 1.82) is 5.26 Å². The van der Waals surface area contributed by atoms with Gasteiger partial charge < -0.3 is 4.90 Å². The molecule has 0 N–H and O–H groups in total. The quantitative estimate of drug-likeness (QED) is 0.769. The summed E-state index contributed by atoms with van der Waals surface area (Å²) in [4.78, 5) is 2.42. The zero-order chi connectivity index (χ0) is 17.3. The Morgan fingerprint density at radius 3 is 2.62 bits per heavy atom. The second kappa shape index (κ2) is 6.32. The zero-order valence-electron chi connectivity index (χ0n) is 15.0. The Morgan fingerprint density at radius 1 is 1.29 bits per heavy atom. The summed E-state index contributed by atoms with van der Waals surface area (Å²) in [5, 5.41) is 8.93. The maximum Gasteiger partial charge on any atom is 0.0991 e. The molecule has 0 radical (unpaired) electrons. The maximum atomic E-state index is 8.93. The van der Waals surface area contributed by atoms with E-state index in [9.17, 15) is 0 Å². The van der Waals surface area contributed by atoms with Crippen molar-refractivity contribution in [3.63, 3.8) is 0 Å². The highest BCUT2D eigenvalue weighted by Gasteiger charge is 2.28. The number of hydrogen-bond donors (Lipinski definition) is 0. The fourth-order valence-electron chi connectivity index (χ4n) is 3.87. The van der Waals surface area contributed by atoms with Crippen LogP contribution in [0.2, 0.25) is 0 Å². The lowest BCUT2D eigenvalue weighted by Crippen LogP contribution is -2.22. The van der Waals surface area contributed by atoms with E-state index >= 15 is 0 Å². The molecular weight excluding hydrogens is 292 g/mol. The topological polar surface area (TPSA) is 27.0 Å². The van der Waals surface area contributed by atoms with Gasteiger partial charge in [0.2, 0.25) is 0 Å². The predicted molar refractivity (Wildman–Crippen MR) is 99.5 cm³/mol. The molecule has 3 rings (SSSR count). The predicted octanol–water partition coefficient (Wildman–Crippen LogP) is 5.16. The molecule has 0 bridgehead atoms. The number of allylic oxidation sites excluding steroid dienone is 3. The van der Waals surface area contributed by atoms with Crippen molar-refractivity contribution in [1.82, 2.24) is 4.90 Å². The fraction of sp³-hybridized carbons (Fsp3) is 0.409. The molecule has 1 heterocycles. The minimum atomic E-state index is 0.254. The molecule has 0 aromatic heterocycles. The molecule has 1 fully saturated rings. The van der Waals surface area contributed by atoms with Gasteiger partial charge in [-0.3, -0.25) is 0 Å². The summed E-state index contributed by atoms with van der Waals surface area (Å²) in [7, 11) is 0. The van der Waals surface area contributed by atoms with Crippen LogP contribution in [0.3, 0.4) is 0 Å². The van der Waals surface area contributed by atoms with E-state index in [-0.39, 0.29) is 5.41 Å². The largest absolute Gasteiger partial charge is 0.371 e. The highest BCUT2D eigenvalue weighted by molar-refractivity contribution is 5.47. The first-order valence-corrected chi connectivity index (χ1v) is 8.74. The van der Waals surface area contributed by atoms with Gasteiger partial charge in [0.15, 0.2) is 0 Å². The monoisotopic (exact) mass is 318 g/mol. The molecule has 1 atom stereocenters. The Hall–Kier alpha value is -2.27. The van der Waals surface area contributed by atoms with Crippen LogP contribution in [0.15, 0.2) is 59.8 Å². The van der Waals surface area contributed by atoms with Gasteiger partial charge in [0.1, 0.15) is 0 Å². The molecule has 24 heavy (non-hydrogen) atoms. The molecular formula is C22H26N2. The first kappa shape index (κ1) is 16.6. The highest BCUT2D eigenvalue weighted by Crippen LogP contribution is 2.38. The third-order valence-corrected chi connectivity index (χ3v) is 5.26. The summed E-state index contributed by atoms with van der Waals surface area (Å²) in [5.74, 6) is 0.527. The minimum absolute atomic E-state index is 0.254. The zero-order valence-corrected chi connectivity index (χ0v) is 15.0. The molecule has 0 spiro atoms. The minimum Gasteiger partial charge on any atom is -0.371 e. The van der Waals surface area contributed by atoms with Crippen LogP contribution in [0.5, 0.6) is 0 Å². The molecule has 2 nitrogen and oxygen atoms in total. The van der Waals surface area contributed by atoms with Gasteiger partial charge in [-0.2, -0.15) is 5.26 Å². The maximum absolute atomic E-state index is 8.93. The third-order valence-electron chi connectivity index (χ3n) is 5.26. The summed E-state index contributed by atoms with van der Waals surface area (Å²) >= 11 is 0. The van der Waals surface area contributed by atoms with Crippen LogP contribution < -0.4 is 0 Å². The molecule has 1 aliphatic carbocycles. The first-order valence-electron chi connectivity index (χ1n) is 8.74. The van der Waals surface area contributed by atoms with E-state index < -0.39 is 0 Å². The van der Waals surface area contributed by atoms with Crippen molar-refractivity contribution in [2.24, 2.45) is 5.41 Å². The molecule has 0 saturated carbocycles. The van der Waals surface area contributed by atoms with Crippen molar-refractivity contribution >= 4 is 0 Å². The first-order chi connectivity index (χ1) is 11.4. The SMILES string of the molecule is C=C(C1=CCC(C)(C)C=C1C)N1CCC(c2ccc(C#N)cc2)C1. The number of nitrogens with zero attached hydrogens (tertiary/aromatic N) is 2. The van der Waals surface area contributed by atoms with Crippen LogP contribution in [0, 0.1) is 16.7 Å². The lowest BCUT2D eigenvalue weighted by Gasteiger charge is -2.30. The number of likely N-dealkylation sites (tertiary alicyclic amines) is 1. The average Bonchev–Trinajstić information content (AvgIpc) is 3.03. The van der Waals surface area contributed by atoms with Crippen LogP contribution in [-0.2, 0) is 0 Å². The number of hydrogen-bond acceptors (Lipinski definition) is 2. The fourth-order valence-corrected chi connectivity index (χ4v) is 3.87. The Morgan fingerprint density at radius 2 is 2.00 bits per heavy atom. The number of nitriles is 1. The van der Waals surface area contributed by atoms with Crippen molar-refractivity contribution in [3.05, 3.63) is 71.0 Å². The van der Waals surface area contributed by atoms with Gasteiger partial charge in [-0.05, 0) is 54.0 Å². The van der Waals surface area contributed by atoms with E-state index in [0.29, 0.717) is 5.92 Å². The van der Waals surface area contributed by atoms with Crippen molar-refractivity contribution in [2.75, 3.05) is 13.1 Å². The molecule has 2 heteroatoms. The Bertz CT molecular complexity index is 741. The van der Waals surface area contributed by atoms with Crippen molar-refractivity contribution < 1.29 is 0 Å². The van der Waals surface area contributed by atoms with Gasteiger partial charge in [0.05, 0.1) is 11.6 Å².